The van der Waals surface area contributed by atoms with Gasteiger partial charge < -0.3 is 10.1 Å². The molecule has 21 heavy (non-hydrogen) atoms. The number of hydrogen-bond acceptors (Lipinski definition) is 4. The van der Waals surface area contributed by atoms with E-state index in [1.165, 1.54) is 0 Å². The molecular weight excluding hydrogens is 274 g/mol. The molecule has 7 nitrogen and oxygen atoms in total. The van der Waals surface area contributed by atoms with E-state index in [1.54, 1.807) is 18.2 Å². The lowest BCUT2D eigenvalue weighted by atomic mass is 10.0. The summed E-state index contributed by atoms with van der Waals surface area (Å²) in [6.45, 7) is 2.36. The standard InChI is InChI=1S/C14H13N3O4/c1-2-15-11(18)8-4-3-7-5-9-12(19)16-14(20)17-13(9)21-10(7)6-8/h3-4,6H,2,5H2,1H3,(H,15,18)(H2,16,17,19,20). The van der Waals surface area contributed by atoms with Gasteiger partial charge in [-0.05, 0) is 24.6 Å². The zero-order valence-corrected chi connectivity index (χ0v) is 11.3. The summed E-state index contributed by atoms with van der Waals surface area (Å²) < 4.78 is 5.55. The zero-order valence-electron chi connectivity index (χ0n) is 11.3. The van der Waals surface area contributed by atoms with Crippen LogP contribution in [0, 0.1) is 0 Å². The van der Waals surface area contributed by atoms with Crippen molar-refractivity contribution >= 4 is 5.91 Å². The van der Waals surface area contributed by atoms with Crippen LogP contribution in [0.5, 0.6) is 11.6 Å². The molecule has 7 heteroatoms. The highest BCUT2D eigenvalue weighted by atomic mass is 16.5. The average Bonchev–Trinajstić information content (AvgIpc) is 2.45. The zero-order chi connectivity index (χ0) is 15.0. The van der Waals surface area contributed by atoms with Gasteiger partial charge in [-0.3, -0.25) is 19.6 Å². The van der Waals surface area contributed by atoms with E-state index in [0.717, 1.165) is 5.56 Å². The topological polar surface area (TPSA) is 104 Å². The Morgan fingerprint density at radius 3 is 2.90 bits per heavy atom. The van der Waals surface area contributed by atoms with E-state index in [-0.39, 0.29) is 11.8 Å². The quantitative estimate of drug-likeness (QED) is 0.638. The van der Waals surface area contributed by atoms with Gasteiger partial charge in [0.05, 0.1) is 5.56 Å². The van der Waals surface area contributed by atoms with Crippen LogP contribution in [0.3, 0.4) is 0 Å². The Kier molecular flexibility index (Phi) is 3.09. The van der Waals surface area contributed by atoms with Gasteiger partial charge >= 0.3 is 5.69 Å². The second-order valence-electron chi connectivity index (χ2n) is 4.68. The Morgan fingerprint density at radius 2 is 2.14 bits per heavy atom. The molecule has 0 bridgehead atoms. The van der Waals surface area contributed by atoms with Gasteiger partial charge in [-0.2, -0.15) is 0 Å². The van der Waals surface area contributed by atoms with E-state index in [1.807, 2.05) is 6.92 Å². The average molecular weight is 287 g/mol. The monoisotopic (exact) mass is 287 g/mol. The van der Waals surface area contributed by atoms with Gasteiger partial charge in [0.15, 0.2) is 0 Å². The number of hydrogen-bond donors (Lipinski definition) is 3. The molecule has 0 unspecified atom stereocenters. The molecule has 0 radical (unpaired) electrons. The molecule has 0 aliphatic carbocycles. The second kappa shape index (κ2) is 4.93. The van der Waals surface area contributed by atoms with Gasteiger partial charge in [0.25, 0.3) is 11.5 Å². The maximum absolute atomic E-state index is 11.8. The fourth-order valence-electron chi connectivity index (χ4n) is 2.24. The number of ether oxygens (including phenoxy) is 1. The van der Waals surface area contributed by atoms with E-state index in [0.29, 0.717) is 29.8 Å². The Labute approximate surface area is 119 Å². The first-order chi connectivity index (χ1) is 10.1. The fraction of sp³-hybridized carbons (Fsp3) is 0.214. The minimum Gasteiger partial charge on any atom is -0.440 e. The molecule has 1 aromatic heterocycles. The van der Waals surface area contributed by atoms with Crippen LogP contribution in [-0.2, 0) is 6.42 Å². The SMILES string of the molecule is CCNC(=O)c1ccc2c(c1)Oc1[nH]c(=O)[nH]c(=O)c1C2. The summed E-state index contributed by atoms with van der Waals surface area (Å²) in [5.41, 5.74) is 0.529. The van der Waals surface area contributed by atoms with Crippen molar-refractivity contribution in [1.82, 2.24) is 15.3 Å². The van der Waals surface area contributed by atoms with Gasteiger partial charge in [-0.15, -0.1) is 0 Å². The second-order valence-corrected chi connectivity index (χ2v) is 4.68. The molecule has 3 rings (SSSR count). The van der Waals surface area contributed by atoms with Crippen molar-refractivity contribution in [1.29, 1.82) is 0 Å². The number of aromatic nitrogens is 2. The number of aromatic amines is 2. The third-order valence-electron chi connectivity index (χ3n) is 3.25. The first-order valence-corrected chi connectivity index (χ1v) is 6.53. The predicted octanol–water partition coefficient (Wildman–Crippen LogP) is 0.509. The highest BCUT2D eigenvalue weighted by molar-refractivity contribution is 5.94. The van der Waals surface area contributed by atoms with Gasteiger partial charge in [0, 0.05) is 18.5 Å². The largest absolute Gasteiger partial charge is 0.440 e. The van der Waals surface area contributed by atoms with Crippen LogP contribution in [0.25, 0.3) is 0 Å². The maximum Gasteiger partial charge on any atom is 0.328 e. The van der Waals surface area contributed by atoms with Gasteiger partial charge in [-0.1, -0.05) is 6.07 Å². The molecule has 1 aromatic carbocycles. The molecule has 0 saturated heterocycles. The van der Waals surface area contributed by atoms with Crippen LogP contribution < -0.4 is 21.3 Å². The summed E-state index contributed by atoms with van der Waals surface area (Å²) in [6.07, 6.45) is 0.340. The molecule has 3 N–H and O–H groups in total. The molecule has 0 fully saturated rings. The molecule has 2 aromatic rings. The van der Waals surface area contributed by atoms with Crippen LogP contribution in [0.15, 0.2) is 27.8 Å². The van der Waals surface area contributed by atoms with Crippen LogP contribution in [0.1, 0.15) is 28.4 Å². The number of carbonyl (C=O) groups is 1. The van der Waals surface area contributed by atoms with Crippen molar-refractivity contribution in [2.45, 2.75) is 13.3 Å². The van der Waals surface area contributed by atoms with Crippen LogP contribution in [0.2, 0.25) is 0 Å². The van der Waals surface area contributed by atoms with Crippen LogP contribution >= 0.6 is 0 Å². The minimum atomic E-state index is -0.623. The molecule has 2 heterocycles. The van der Waals surface area contributed by atoms with E-state index in [9.17, 15) is 14.4 Å². The third kappa shape index (κ3) is 2.33. The molecular formula is C14H13N3O4. The summed E-state index contributed by atoms with van der Waals surface area (Å²) in [5, 5.41) is 2.70. The molecule has 1 aliphatic heterocycles. The minimum absolute atomic E-state index is 0.129. The Hall–Kier alpha value is -2.83. The number of benzene rings is 1. The van der Waals surface area contributed by atoms with E-state index in [4.69, 9.17) is 4.74 Å². The lowest BCUT2D eigenvalue weighted by molar-refractivity contribution is 0.0955. The van der Waals surface area contributed by atoms with Crippen molar-refractivity contribution < 1.29 is 9.53 Å². The third-order valence-corrected chi connectivity index (χ3v) is 3.25. The van der Waals surface area contributed by atoms with Crippen molar-refractivity contribution in [3.63, 3.8) is 0 Å². The summed E-state index contributed by atoms with van der Waals surface area (Å²) in [5.74, 6) is 0.394. The van der Waals surface area contributed by atoms with Crippen molar-refractivity contribution in [3.05, 3.63) is 55.7 Å². The van der Waals surface area contributed by atoms with Crippen LogP contribution in [-0.4, -0.2) is 22.4 Å². The highest BCUT2D eigenvalue weighted by Crippen LogP contribution is 2.33. The summed E-state index contributed by atoms with van der Waals surface area (Å²) in [7, 11) is 0. The van der Waals surface area contributed by atoms with Crippen molar-refractivity contribution in [3.8, 4) is 11.6 Å². The number of carbonyl (C=O) groups excluding carboxylic acids is 1. The number of H-pyrrole nitrogens is 2. The number of nitrogens with one attached hydrogen (secondary N) is 3. The Bertz CT molecular complexity index is 835. The molecule has 0 spiro atoms. The molecule has 0 atom stereocenters. The predicted molar refractivity (Wildman–Crippen MR) is 75.0 cm³/mol. The van der Waals surface area contributed by atoms with E-state index in [2.05, 4.69) is 15.3 Å². The van der Waals surface area contributed by atoms with Gasteiger partial charge in [0.1, 0.15) is 5.75 Å². The van der Waals surface area contributed by atoms with E-state index < -0.39 is 11.2 Å². The normalized spacial score (nSPS) is 12.0. The first-order valence-electron chi connectivity index (χ1n) is 6.53. The van der Waals surface area contributed by atoms with Crippen LogP contribution in [0.4, 0.5) is 0 Å². The summed E-state index contributed by atoms with van der Waals surface area (Å²) in [4.78, 5) is 39.4. The Balaban J connectivity index is 2.02. The number of amides is 1. The van der Waals surface area contributed by atoms with Crippen molar-refractivity contribution in [2.75, 3.05) is 6.54 Å². The summed E-state index contributed by atoms with van der Waals surface area (Å²) >= 11 is 0. The fourth-order valence-corrected chi connectivity index (χ4v) is 2.24. The smallest absolute Gasteiger partial charge is 0.328 e. The van der Waals surface area contributed by atoms with Crippen molar-refractivity contribution in [2.24, 2.45) is 0 Å². The lowest BCUT2D eigenvalue weighted by Gasteiger charge is -2.19. The molecule has 108 valence electrons. The first kappa shape index (κ1) is 13.2. The summed E-state index contributed by atoms with van der Waals surface area (Å²) in [6, 6.07) is 5.02. The molecule has 1 aliphatic rings. The molecule has 0 saturated carbocycles. The Morgan fingerprint density at radius 1 is 1.33 bits per heavy atom. The highest BCUT2D eigenvalue weighted by Gasteiger charge is 2.22. The van der Waals surface area contributed by atoms with Gasteiger partial charge in [-0.25, -0.2) is 4.79 Å². The number of fused-ring (bicyclic) bond motifs is 2. The van der Waals surface area contributed by atoms with E-state index >= 15 is 0 Å². The number of rotatable bonds is 2. The maximum atomic E-state index is 11.8. The lowest BCUT2D eigenvalue weighted by Crippen LogP contribution is -2.28. The molecule has 1 amide bonds. The van der Waals surface area contributed by atoms with Gasteiger partial charge in [0.2, 0.25) is 5.88 Å².